The van der Waals surface area contributed by atoms with Gasteiger partial charge in [0, 0.05) is 0 Å². The number of hydrogen-bond donors (Lipinski definition) is 5. The molecule has 4 rings (SSSR count). The maximum atomic E-state index is 11.6. The van der Waals surface area contributed by atoms with Gasteiger partial charge in [0.25, 0.3) is 0 Å². The average Bonchev–Trinajstić information content (AvgIpc) is 2.68. The van der Waals surface area contributed by atoms with Crippen LogP contribution in [0.25, 0.3) is 0 Å². The van der Waals surface area contributed by atoms with Crippen LogP contribution >= 0.6 is 0 Å². The number of rotatable bonds is 3. The third-order valence-electron chi connectivity index (χ3n) is 7.38. The maximum Gasteiger partial charge on any atom is 0.140 e. The first-order valence-corrected chi connectivity index (χ1v) is 9.20. The van der Waals surface area contributed by atoms with E-state index < -0.39 is 40.8 Å². The topological polar surface area (TPSA) is 101 Å². The van der Waals surface area contributed by atoms with E-state index in [-0.39, 0.29) is 0 Å². The molecule has 0 bridgehead atoms. The molecule has 2 aliphatic rings. The van der Waals surface area contributed by atoms with Gasteiger partial charge in [-0.2, -0.15) is 0 Å². The molecule has 5 heteroatoms. The smallest absolute Gasteiger partial charge is 0.140 e. The van der Waals surface area contributed by atoms with Crippen molar-refractivity contribution in [1.29, 1.82) is 0 Å². The van der Waals surface area contributed by atoms with Gasteiger partial charge in [0.05, 0.1) is 24.0 Å². The van der Waals surface area contributed by atoms with Gasteiger partial charge in [0.15, 0.2) is 0 Å². The second-order valence-corrected chi connectivity index (χ2v) is 8.31. The summed E-state index contributed by atoms with van der Waals surface area (Å²) < 4.78 is 0. The highest BCUT2D eigenvalue weighted by atomic mass is 16.4. The van der Waals surface area contributed by atoms with Crippen molar-refractivity contribution in [3.05, 3.63) is 70.8 Å². The van der Waals surface area contributed by atoms with E-state index in [9.17, 15) is 25.5 Å². The summed E-state index contributed by atoms with van der Waals surface area (Å²) in [5, 5.41) is 55.5. The van der Waals surface area contributed by atoms with Gasteiger partial charge in [-0.3, -0.25) is 0 Å². The Kier molecular flexibility index (Phi) is 3.72. The van der Waals surface area contributed by atoms with Crippen molar-refractivity contribution < 1.29 is 25.5 Å². The molecular formula is C22H26O5. The molecule has 5 N–H and O–H groups in total. The standard InChI is InChI=1S/C22H26O5/c1-13-8-7-11-16(14(13)2)19(3)18(24)21(26)17(15-9-5-4-6-10-15)20(25,12-23)22(19,21)27/h4-11,17-18,23-27H,12H2,1-3H3/t17?,18?,19?,20-,21-,22-/m0/s1. The zero-order valence-electron chi connectivity index (χ0n) is 15.7. The van der Waals surface area contributed by atoms with E-state index in [2.05, 4.69) is 0 Å². The molecule has 0 heterocycles. The van der Waals surface area contributed by atoms with E-state index in [1.807, 2.05) is 26.0 Å². The molecule has 2 aromatic carbocycles. The van der Waals surface area contributed by atoms with Gasteiger partial charge in [-0.1, -0.05) is 48.5 Å². The Balaban J connectivity index is 1.91. The lowest BCUT2D eigenvalue weighted by molar-refractivity contribution is -0.472. The van der Waals surface area contributed by atoms with E-state index in [1.54, 1.807) is 43.3 Å². The van der Waals surface area contributed by atoms with Gasteiger partial charge in [0.1, 0.15) is 16.8 Å². The van der Waals surface area contributed by atoms with E-state index >= 15 is 0 Å². The van der Waals surface area contributed by atoms with Gasteiger partial charge >= 0.3 is 0 Å². The summed E-state index contributed by atoms with van der Waals surface area (Å²) in [5.41, 5.74) is -4.32. The molecular weight excluding hydrogens is 344 g/mol. The zero-order chi connectivity index (χ0) is 19.8. The molecule has 2 aliphatic carbocycles. The quantitative estimate of drug-likeness (QED) is 0.553. The number of aryl methyl sites for hydroxylation is 1. The molecule has 0 radical (unpaired) electrons. The maximum absolute atomic E-state index is 11.6. The highest BCUT2D eigenvalue weighted by Crippen LogP contribution is 2.77. The van der Waals surface area contributed by atoms with Crippen LogP contribution in [0.4, 0.5) is 0 Å². The summed E-state index contributed by atoms with van der Waals surface area (Å²) in [4.78, 5) is 0. The lowest BCUT2D eigenvalue weighted by Crippen LogP contribution is -3.03. The van der Waals surface area contributed by atoms with Gasteiger partial charge < -0.3 is 25.5 Å². The number of aliphatic hydroxyl groups is 5. The Morgan fingerprint density at radius 2 is 1.56 bits per heavy atom. The first-order valence-electron chi connectivity index (χ1n) is 9.20. The van der Waals surface area contributed by atoms with Crippen molar-refractivity contribution in [3.8, 4) is 0 Å². The molecule has 27 heavy (non-hydrogen) atoms. The molecule has 0 saturated heterocycles. The molecule has 0 spiro atoms. The van der Waals surface area contributed by atoms with Crippen LogP contribution in [0.2, 0.25) is 0 Å². The van der Waals surface area contributed by atoms with Crippen molar-refractivity contribution in [1.82, 2.24) is 0 Å². The predicted octanol–water partition coefficient (Wildman–Crippen LogP) is 0.919. The third kappa shape index (κ3) is 1.69. The fourth-order valence-electron chi connectivity index (χ4n) is 5.87. The van der Waals surface area contributed by atoms with Crippen LogP contribution in [0.15, 0.2) is 48.5 Å². The Bertz CT molecular complexity index is 887. The lowest BCUT2D eigenvalue weighted by Gasteiger charge is -2.83. The fourth-order valence-corrected chi connectivity index (χ4v) is 5.87. The van der Waals surface area contributed by atoms with Gasteiger partial charge in [-0.05, 0) is 43.0 Å². The highest BCUT2D eigenvalue weighted by molar-refractivity contribution is 5.60. The molecule has 5 nitrogen and oxygen atoms in total. The Labute approximate surface area is 158 Å². The van der Waals surface area contributed by atoms with Crippen molar-refractivity contribution in [3.63, 3.8) is 0 Å². The van der Waals surface area contributed by atoms with Gasteiger partial charge in [-0.15, -0.1) is 0 Å². The van der Waals surface area contributed by atoms with Crippen molar-refractivity contribution in [2.45, 2.75) is 55.0 Å². The number of benzene rings is 2. The molecule has 0 aliphatic heterocycles. The Morgan fingerprint density at radius 3 is 2.15 bits per heavy atom. The minimum Gasteiger partial charge on any atom is -0.393 e. The number of fused-ring (bicyclic) bond motifs is 1. The van der Waals surface area contributed by atoms with Crippen LogP contribution in [0.1, 0.15) is 35.1 Å². The van der Waals surface area contributed by atoms with Crippen LogP contribution in [0.3, 0.4) is 0 Å². The van der Waals surface area contributed by atoms with E-state index in [0.717, 1.165) is 11.1 Å². The summed E-state index contributed by atoms with van der Waals surface area (Å²) in [6, 6.07) is 14.3. The molecule has 3 unspecified atom stereocenters. The minimum atomic E-state index is -2.10. The van der Waals surface area contributed by atoms with Gasteiger partial charge in [-0.25, -0.2) is 0 Å². The average molecular weight is 370 g/mol. The van der Waals surface area contributed by atoms with Crippen LogP contribution in [-0.2, 0) is 5.41 Å². The Morgan fingerprint density at radius 1 is 0.926 bits per heavy atom. The van der Waals surface area contributed by atoms with Crippen molar-refractivity contribution in [2.75, 3.05) is 6.61 Å². The molecule has 144 valence electrons. The monoisotopic (exact) mass is 370 g/mol. The lowest BCUT2D eigenvalue weighted by atomic mass is 9.26. The summed E-state index contributed by atoms with van der Waals surface area (Å²) in [6.07, 6.45) is -1.31. The molecule has 2 fully saturated rings. The van der Waals surface area contributed by atoms with E-state index in [0.29, 0.717) is 11.1 Å². The van der Waals surface area contributed by atoms with Gasteiger partial charge in [0.2, 0.25) is 0 Å². The second kappa shape index (κ2) is 5.40. The Hall–Kier alpha value is -1.76. The summed E-state index contributed by atoms with van der Waals surface area (Å²) in [6.45, 7) is 4.71. The number of hydrogen-bond acceptors (Lipinski definition) is 5. The van der Waals surface area contributed by atoms with E-state index in [4.69, 9.17) is 0 Å². The third-order valence-corrected chi connectivity index (χ3v) is 7.38. The van der Waals surface area contributed by atoms with Crippen LogP contribution in [-0.4, -0.2) is 55.0 Å². The van der Waals surface area contributed by atoms with Crippen molar-refractivity contribution in [2.24, 2.45) is 0 Å². The van der Waals surface area contributed by atoms with Crippen LogP contribution < -0.4 is 0 Å². The predicted molar refractivity (Wildman–Crippen MR) is 100 cm³/mol. The molecule has 2 aromatic rings. The first-order chi connectivity index (χ1) is 12.6. The van der Waals surface area contributed by atoms with Crippen LogP contribution in [0, 0.1) is 13.8 Å². The largest absolute Gasteiger partial charge is 0.393 e. The first kappa shape index (κ1) is 18.6. The zero-order valence-corrected chi connectivity index (χ0v) is 15.7. The van der Waals surface area contributed by atoms with Crippen LogP contribution in [0.5, 0.6) is 0 Å². The summed E-state index contributed by atoms with van der Waals surface area (Å²) in [5.74, 6) is -1.01. The fraction of sp³-hybridized carbons (Fsp3) is 0.455. The molecule has 2 saturated carbocycles. The molecule has 6 atom stereocenters. The number of aliphatic hydroxyl groups excluding tert-OH is 2. The second-order valence-electron chi connectivity index (χ2n) is 8.31. The summed E-state index contributed by atoms with van der Waals surface area (Å²) in [7, 11) is 0. The van der Waals surface area contributed by atoms with E-state index in [1.165, 1.54) is 0 Å². The highest BCUT2D eigenvalue weighted by Gasteiger charge is 2.96. The molecule has 0 aromatic heterocycles. The minimum absolute atomic E-state index is 0.559. The summed E-state index contributed by atoms with van der Waals surface area (Å²) >= 11 is 0. The SMILES string of the molecule is Cc1cccc(C2(C)C(O)[C@@]3(O)C(c4ccccc4)[C@@](O)(CO)[C@@]23O)c1C. The van der Waals surface area contributed by atoms with Crippen molar-refractivity contribution >= 4 is 0 Å². The molecule has 0 amide bonds. The normalized spacial score (nSPS) is 42.8.